The highest BCUT2D eigenvalue weighted by atomic mass is 16.3. The van der Waals surface area contributed by atoms with Crippen LogP contribution in [0.3, 0.4) is 0 Å². The fourth-order valence-electron chi connectivity index (χ4n) is 3.81. The average molecular weight is 330 g/mol. The summed E-state index contributed by atoms with van der Waals surface area (Å²) in [6.07, 6.45) is 0. The van der Waals surface area contributed by atoms with E-state index in [9.17, 15) is 5.11 Å². The highest BCUT2D eigenvalue weighted by Gasteiger charge is 2.29. The monoisotopic (exact) mass is 330 g/mol. The number of phenolic OH excluding ortho intramolecular Hbond substituents is 1. The van der Waals surface area contributed by atoms with E-state index in [1.807, 2.05) is 36.4 Å². The number of anilines is 3. The average Bonchev–Trinajstić information content (AvgIpc) is 3.20. The zero-order valence-corrected chi connectivity index (χ0v) is 13.9. The Morgan fingerprint density at radius 3 is 2.52 bits per heavy atom. The highest BCUT2D eigenvalue weighted by Crippen LogP contribution is 2.48. The van der Waals surface area contributed by atoms with Crippen molar-refractivity contribution in [2.75, 3.05) is 23.0 Å². The summed E-state index contributed by atoms with van der Waals surface area (Å²) in [5.74, 6) is 0.270. The predicted octanol–water partition coefficient (Wildman–Crippen LogP) is 5.23. The molecule has 0 amide bonds. The smallest absolute Gasteiger partial charge is 0.140 e. The van der Waals surface area contributed by atoms with E-state index in [0.717, 1.165) is 39.9 Å². The molecule has 1 N–H and O–H groups in total. The topological polar surface area (TPSA) is 39.9 Å². The lowest BCUT2D eigenvalue weighted by atomic mass is 10.1. The molecular weight excluding hydrogens is 312 g/mol. The number of furan rings is 1. The van der Waals surface area contributed by atoms with Crippen LogP contribution in [-0.4, -0.2) is 18.3 Å². The maximum absolute atomic E-state index is 10.7. The minimum Gasteiger partial charge on any atom is -0.506 e. The quantitative estimate of drug-likeness (QED) is 0.546. The van der Waals surface area contributed by atoms with Gasteiger partial charge in [0.05, 0.1) is 29.1 Å². The molecule has 0 unspecified atom stereocenters. The van der Waals surface area contributed by atoms with Gasteiger partial charge in [0.1, 0.15) is 16.9 Å². The second-order valence-corrected chi connectivity index (χ2v) is 6.32. The Kier molecular flexibility index (Phi) is 2.95. The van der Waals surface area contributed by atoms with Crippen LogP contribution in [0.5, 0.6) is 5.75 Å². The van der Waals surface area contributed by atoms with Crippen molar-refractivity contribution in [1.82, 2.24) is 0 Å². The van der Waals surface area contributed by atoms with Gasteiger partial charge in [-0.2, -0.15) is 0 Å². The van der Waals surface area contributed by atoms with Crippen molar-refractivity contribution in [2.24, 2.45) is 0 Å². The molecular formula is C21H18N2O2. The minimum absolute atomic E-state index is 0.270. The van der Waals surface area contributed by atoms with Gasteiger partial charge >= 0.3 is 0 Å². The molecule has 0 fully saturated rings. The Balaban J connectivity index is 1.83. The first-order valence-electron chi connectivity index (χ1n) is 8.52. The van der Waals surface area contributed by atoms with Crippen LogP contribution in [0.1, 0.15) is 6.92 Å². The van der Waals surface area contributed by atoms with Crippen LogP contribution in [-0.2, 0) is 0 Å². The molecule has 0 saturated carbocycles. The van der Waals surface area contributed by atoms with E-state index in [2.05, 4.69) is 34.9 Å². The van der Waals surface area contributed by atoms with Crippen LogP contribution >= 0.6 is 0 Å². The number of nitrogens with zero attached hydrogens (tertiary/aromatic N) is 2. The molecule has 4 nitrogen and oxygen atoms in total. The molecule has 124 valence electrons. The first-order valence-corrected chi connectivity index (χ1v) is 8.52. The summed E-state index contributed by atoms with van der Waals surface area (Å²) in [7, 11) is 0. The Morgan fingerprint density at radius 2 is 1.68 bits per heavy atom. The fraction of sp³-hybridized carbons (Fsp3) is 0.143. The van der Waals surface area contributed by atoms with E-state index in [1.165, 1.54) is 5.69 Å². The predicted molar refractivity (Wildman–Crippen MR) is 102 cm³/mol. The Bertz CT molecular complexity index is 1100. The lowest BCUT2D eigenvalue weighted by Gasteiger charge is -2.22. The number of aromatic hydroxyl groups is 1. The van der Waals surface area contributed by atoms with Gasteiger partial charge in [0, 0.05) is 11.9 Å². The van der Waals surface area contributed by atoms with Crippen LogP contribution in [0.25, 0.3) is 21.9 Å². The third-order valence-electron chi connectivity index (χ3n) is 4.97. The summed E-state index contributed by atoms with van der Waals surface area (Å²) in [6, 6.07) is 19.9. The molecule has 0 spiro atoms. The van der Waals surface area contributed by atoms with Gasteiger partial charge in [-0.25, -0.2) is 0 Å². The third-order valence-corrected chi connectivity index (χ3v) is 4.97. The van der Waals surface area contributed by atoms with E-state index in [4.69, 9.17) is 4.42 Å². The minimum atomic E-state index is 0.270. The third kappa shape index (κ3) is 1.94. The maximum atomic E-state index is 10.7. The number of benzene rings is 3. The van der Waals surface area contributed by atoms with Crippen molar-refractivity contribution in [3.05, 3.63) is 60.7 Å². The molecule has 4 aromatic rings. The van der Waals surface area contributed by atoms with E-state index in [0.29, 0.717) is 6.67 Å². The van der Waals surface area contributed by atoms with Crippen LogP contribution in [0.15, 0.2) is 65.1 Å². The van der Waals surface area contributed by atoms with E-state index < -0.39 is 0 Å². The van der Waals surface area contributed by atoms with Gasteiger partial charge in [-0.15, -0.1) is 0 Å². The zero-order valence-electron chi connectivity index (χ0n) is 13.9. The van der Waals surface area contributed by atoms with E-state index >= 15 is 0 Å². The van der Waals surface area contributed by atoms with Crippen molar-refractivity contribution in [3.8, 4) is 5.75 Å². The van der Waals surface area contributed by atoms with Crippen molar-refractivity contribution in [1.29, 1.82) is 0 Å². The standard InChI is InChI=1S/C21H18N2O2/c1-2-22-13-23(16-9-5-4-8-15(16)22)21-17(24)11-12-19-20(21)14-7-3-6-10-18(14)25-19/h3-12,24H,2,13H2,1H3. The zero-order chi connectivity index (χ0) is 17.0. The molecule has 4 heteroatoms. The van der Waals surface area contributed by atoms with Crippen molar-refractivity contribution in [3.63, 3.8) is 0 Å². The van der Waals surface area contributed by atoms with Gasteiger partial charge in [-0.05, 0) is 37.3 Å². The van der Waals surface area contributed by atoms with Crippen molar-refractivity contribution in [2.45, 2.75) is 6.92 Å². The Labute approximate surface area is 145 Å². The Morgan fingerprint density at radius 1 is 0.920 bits per heavy atom. The number of hydrogen-bond acceptors (Lipinski definition) is 4. The number of fused-ring (bicyclic) bond motifs is 4. The lowest BCUT2D eigenvalue weighted by Crippen LogP contribution is -2.27. The summed E-state index contributed by atoms with van der Waals surface area (Å²) in [6.45, 7) is 3.77. The fourth-order valence-corrected chi connectivity index (χ4v) is 3.81. The van der Waals surface area contributed by atoms with Crippen molar-refractivity contribution >= 4 is 39.0 Å². The van der Waals surface area contributed by atoms with Gasteiger partial charge in [-0.1, -0.05) is 30.3 Å². The molecule has 25 heavy (non-hydrogen) atoms. The van der Waals surface area contributed by atoms with Crippen LogP contribution in [0.4, 0.5) is 17.1 Å². The lowest BCUT2D eigenvalue weighted by molar-refractivity contribution is 0.476. The van der Waals surface area contributed by atoms with Crippen LogP contribution in [0.2, 0.25) is 0 Å². The molecule has 3 aromatic carbocycles. The number of rotatable bonds is 2. The second-order valence-electron chi connectivity index (χ2n) is 6.32. The molecule has 0 aliphatic carbocycles. The first-order chi connectivity index (χ1) is 12.3. The summed E-state index contributed by atoms with van der Waals surface area (Å²) < 4.78 is 6.00. The Hall–Kier alpha value is -3.14. The molecule has 0 radical (unpaired) electrons. The molecule has 1 aliphatic heterocycles. The van der Waals surface area contributed by atoms with Gasteiger partial charge in [0.15, 0.2) is 0 Å². The largest absolute Gasteiger partial charge is 0.506 e. The molecule has 1 aromatic heterocycles. The number of para-hydroxylation sites is 3. The van der Waals surface area contributed by atoms with Crippen LogP contribution < -0.4 is 9.80 Å². The van der Waals surface area contributed by atoms with Gasteiger partial charge in [0.25, 0.3) is 0 Å². The second kappa shape index (κ2) is 5.18. The number of phenols is 1. The molecule has 0 saturated heterocycles. The number of hydrogen-bond donors (Lipinski definition) is 1. The van der Waals surface area contributed by atoms with E-state index in [-0.39, 0.29) is 5.75 Å². The molecule has 2 heterocycles. The first kappa shape index (κ1) is 14.2. The van der Waals surface area contributed by atoms with Gasteiger partial charge in [-0.3, -0.25) is 0 Å². The highest BCUT2D eigenvalue weighted by molar-refractivity contribution is 6.14. The summed E-state index contributed by atoms with van der Waals surface area (Å²) in [5, 5.41) is 12.7. The van der Waals surface area contributed by atoms with Gasteiger partial charge in [0.2, 0.25) is 0 Å². The summed E-state index contributed by atoms with van der Waals surface area (Å²) in [5.41, 5.74) is 4.74. The maximum Gasteiger partial charge on any atom is 0.140 e. The normalized spacial score (nSPS) is 13.8. The van der Waals surface area contributed by atoms with E-state index in [1.54, 1.807) is 6.07 Å². The molecule has 1 aliphatic rings. The molecule has 5 rings (SSSR count). The summed E-state index contributed by atoms with van der Waals surface area (Å²) in [4.78, 5) is 4.48. The van der Waals surface area contributed by atoms with Crippen molar-refractivity contribution < 1.29 is 9.52 Å². The summed E-state index contributed by atoms with van der Waals surface area (Å²) >= 11 is 0. The SMILES string of the molecule is CCN1CN(c2c(O)ccc3oc4ccccc4c23)c2ccccc21. The van der Waals surface area contributed by atoms with Gasteiger partial charge < -0.3 is 19.3 Å². The molecule has 0 atom stereocenters. The van der Waals surface area contributed by atoms with Crippen LogP contribution in [0, 0.1) is 0 Å². The molecule has 0 bridgehead atoms.